The Hall–Kier alpha value is -0.340. The maximum atomic E-state index is 5.88. The van der Waals surface area contributed by atoms with E-state index < -0.39 is 0 Å². The molecule has 0 radical (unpaired) electrons. The van der Waals surface area contributed by atoms with Crippen LogP contribution < -0.4 is 11.1 Å². The van der Waals surface area contributed by atoms with Gasteiger partial charge in [0.25, 0.3) is 0 Å². The molecule has 126 valence electrons. The van der Waals surface area contributed by atoms with E-state index >= 15 is 0 Å². The lowest BCUT2D eigenvalue weighted by atomic mass is 9.99. The summed E-state index contributed by atoms with van der Waals surface area (Å²) in [5, 5.41) is 5.29. The van der Waals surface area contributed by atoms with Crippen molar-refractivity contribution in [3.05, 3.63) is 22.4 Å². The van der Waals surface area contributed by atoms with Gasteiger partial charge in [0.05, 0.1) is 0 Å². The van der Waals surface area contributed by atoms with Gasteiger partial charge in [-0.1, -0.05) is 13.0 Å². The molecular formula is C16H29IN4S. The highest BCUT2D eigenvalue weighted by Gasteiger charge is 2.14. The maximum Gasteiger partial charge on any atom is 0.188 e. The minimum atomic E-state index is 0. The van der Waals surface area contributed by atoms with E-state index in [2.05, 4.69) is 39.6 Å². The summed E-state index contributed by atoms with van der Waals surface area (Å²) < 4.78 is 0. The van der Waals surface area contributed by atoms with E-state index in [4.69, 9.17) is 5.73 Å². The molecule has 0 unspecified atom stereocenters. The van der Waals surface area contributed by atoms with Crippen molar-refractivity contribution < 1.29 is 0 Å². The number of nitrogens with two attached hydrogens (primary N) is 1. The van der Waals surface area contributed by atoms with E-state index in [1.165, 1.54) is 30.8 Å². The number of guanidine groups is 1. The van der Waals surface area contributed by atoms with Crippen molar-refractivity contribution in [1.29, 1.82) is 0 Å². The molecular weight excluding hydrogens is 407 g/mol. The lowest BCUT2D eigenvalue weighted by Gasteiger charge is -2.29. The largest absolute Gasteiger partial charge is 0.370 e. The highest BCUT2D eigenvalue weighted by Crippen LogP contribution is 2.15. The van der Waals surface area contributed by atoms with Gasteiger partial charge in [0.15, 0.2) is 5.96 Å². The third-order valence-electron chi connectivity index (χ3n) is 4.05. The van der Waals surface area contributed by atoms with Gasteiger partial charge in [0.1, 0.15) is 0 Å². The summed E-state index contributed by atoms with van der Waals surface area (Å²) in [6.45, 7) is 7.69. The standard InChI is InChI=1S/C16H28N4S.HI/c1-14-6-11-20(12-7-14)10-3-8-18-16(17)19-9-5-15-4-2-13-21-15;/h2,4,13-14H,3,5-12H2,1H3,(H3,17,18,19);1H. The van der Waals surface area contributed by atoms with Gasteiger partial charge < -0.3 is 16.0 Å². The van der Waals surface area contributed by atoms with Gasteiger partial charge in [-0.15, -0.1) is 35.3 Å². The number of aliphatic imine (C=N–C) groups is 1. The molecule has 0 aromatic carbocycles. The van der Waals surface area contributed by atoms with Crippen molar-refractivity contribution in [3.63, 3.8) is 0 Å². The lowest BCUT2D eigenvalue weighted by Crippen LogP contribution is -2.35. The van der Waals surface area contributed by atoms with Crippen LogP contribution in [0.4, 0.5) is 0 Å². The Bertz CT molecular complexity index is 414. The Labute approximate surface area is 155 Å². The van der Waals surface area contributed by atoms with Crippen molar-refractivity contribution in [2.45, 2.75) is 32.6 Å². The summed E-state index contributed by atoms with van der Waals surface area (Å²) in [5.74, 6) is 1.49. The maximum absolute atomic E-state index is 5.88. The minimum absolute atomic E-state index is 0. The van der Waals surface area contributed by atoms with Gasteiger partial charge in [-0.05, 0) is 62.7 Å². The lowest BCUT2D eigenvalue weighted by molar-refractivity contribution is 0.192. The molecule has 6 heteroatoms. The van der Waals surface area contributed by atoms with E-state index in [0.29, 0.717) is 5.96 Å². The van der Waals surface area contributed by atoms with Crippen molar-refractivity contribution >= 4 is 41.3 Å². The molecule has 3 N–H and O–H groups in total. The number of hydrogen-bond donors (Lipinski definition) is 2. The molecule has 0 aliphatic carbocycles. The average Bonchev–Trinajstić information content (AvgIpc) is 2.99. The normalized spacial score (nSPS) is 17.2. The molecule has 1 aliphatic rings. The summed E-state index contributed by atoms with van der Waals surface area (Å²) in [4.78, 5) is 8.34. The molecule has 4 nitrogen and oxygen atoms in total. The molecule has 2 rings (SSSR count). The molecule has 0 spiro atoms. The average molecular weight is 436 g/mol. The number of piperidine rings is 1. The summed E-state index contributed by atoms with van der Waals surface area (Å²) in [5.41, 5.74) is 5.88. The number of nitrogens with one attached hydrogen (secondary N) is 1. The molecule has 1 fully saturated rings. The van der Waals surface area contributed by atoms with Gasteiger partial charge >= 0.3 is 0 Å². The zero-order valence-corrected chi connectivity index (χ0v) is 16.6. The molecule has 1 aromatic rings. The van der Waals surface area contributed by atoms with Crippen LogP contribution in [0.5, 0.6) is 0 Å². The first-order chi connectivity index (χ1) is 10.2. The molecule has 0 bridgehead atoms. The van der Waals surface area contributed by atoms with Gasteiger partial charge in [-0.3, -0.25) is 4.99 Å². The van der Waals surface area contributed by atoms with Crippen molar-refractivity contribution in [1.82, 2.24) is 10.2 Å². The van der Waals surface area contributed by atoms with Gasteiger partial charge in [0.2, 0.25) is 0 Å². The minimum Gasteiger partial charge on any atom is -0.370 e. The molecule has 1 aromatic heterocycles. The molecule has 1 aliphatic heterocycles. The summed E-state index contributed by atoms with van der Waals surface area (Å²) in [6.07, 6.45) is 4.80. The predicted octanol–water partition coefficient (Wildman–Crippen LogP) is 2.93. The van der Waals surface area contributed by atoms with Crippen molar-refractivity contribution in [2.75, 3.05) is 32.7 Å². The Balaban J connectivity index is 0.00000242. The molecule has 1 saturated heterocycles. The summed E-state index contributed by atoms with van der Waals surface area (Å²) >= 11 is 1.79. The summed E-state index contributed by atoms with van der Waals surface area (Å²) in [6, 6.07) is 4.23. The monoisotopic (exact) mass is 436 g/mol. The molecule has 2 heterocycles. The van der Waals surface area contributed by atoms with Gasteiger partial charge in [-0.25, -0.2) is 0 Å². The number of rotatable bonds is 7. The predicted molar refractivity (Wildman–Crippen MR) is 107 cm³/mol. The van der Waals surface area contributed by atoms with Crippen LogP contribution in [0.15, 0.2) is 22.5 Å². The molecule has 0 amide bonds. The first-order valence-electron chi connectivity index (χ1n) is 8.02. The third kappa shape index (κ3) is 7.78. The van der Waals surface area contributed by atoms with Crippen LogP contribution in [0.3, 0.4) is 0 Å². The fourth-order valence-electron chi connectivity index (χ4n) is 2.60. The molecule has 22 heavy (non-hydrogen) atoms. The van der Waals surface area contributed by atoms with Gasteiger partial charge in [-0.2, -0.15) is 0 Å². The van der Waals surface area contributed by atoms with Gasteiger partial charge in [0, 0.05) is 18.0 Å². The van der Waals surface area contributed by atoms with E-state index in [1.807, 2.05) is 0 Å². The number of likely N-dealkylation sites (tertiary alicyclic amines) is 1. The summed E-state index contributed by atoms with van der Waals surface area (Å²) in [7, 11) is 0. The topological polar surface area (TPSA) is 53.6 Å². The van der Waals surface area contributed by atoms with E-state index in [9.17, 15) is 0 Å². The Morgan fingerprint density at radius 2 is 2.23 bits per heavy atom. The van der Waals surface area contributed by atoms with E-state index in [1.54, 1.807) is 11.3 Å². The Kier molecular flexibility index (Phi) is 10.1. The second kappa shape index (κ2) is 11.2. The quantitative estimate of drug-likeness (QED) is 0.299. The van der Waals surface area contributed by atoms with Crippen LogP contribution in [0.1, 0.15) is 31.1 Å². The van der Waals surface area contributed by atoms with Crippen LogP contribution in [0, 0.1) is 5.92 Å². The smallest absolute Gasteiger partial charge is 0.188 e. The Morgan fingerprint density at radius 3 is 2.91 bits per heavy atom. The fourth-order valence-corrected chi connectivity index (χ4v) is 3.31. The Morgan fingerprint density at radius 1 is 1.45 bits per heavy atom. The van der Waals surface area contributed by atoms with Crippen molar-refractivity contribution in [3.8, 4) is 0 Å². The van der Waals surface area contributed by atoms with Crippen LogP contribution in [0.2, 0.25) is 0 Å². The zero-order chi connectivity index (χ0) is 14.9. The first kappa shape index (κ1) is 19.7. The fraction of sp³-hybridized carbons (Fsp3) is 0.688. The van der Waals surface area contributed by atoms with Crippen LogP contribution >= 0.6 is 35.3 Å². The number of nitrogens with zero attached hydrogens (tertiary/aromatic N) is 2. The van der Waals surface area contributed by atoms with E-state index in [-0.39, 0.29) is 24.0 Å². The van der Waals surface area contributed by atoms with Crippen LogP contribution in [-0.2, 0) is 6.42 Å². The number of thiophene rings is 1. The highest BCUT2D eigenvalue weighted by molar-refractivity contribution is 14.0. The van der Waals surface area contributed by atoms with E-state index in [0.717, 1.165) is 38.4 Å². The number of halogens is 1. The molecule has 0 saturated carbocycles. The second-order valence-electron chi connectivity index (χ2n) is 5.90. The van der Waals surface area contributed by atoms with Crippen molar-refractivity contribution in [2.24, 2.45) is 16.6 Å². The number of hydrogen-bond acceptors (Lipinski definition) is 3. The zero-order valence-electron chi connectivity index (χ0n) is 13.5. The SMILES string of the molecule is CC1CCN(CCCN=C(N)NCCc2cccs2)CC1.I. The molecule has 0 atom stereocenters. The highest BCUT2D eigenvalue weighted by atomic mass is 127. The van der Waals surface area contributed by atoms with Crippen LogP contribution in [-0.4, -0.2) is 43.6 Å². The first-order valence-corrected chi connectivity index (χ1v) is 8.90. The van der Waals surface area contributed by atoms with Crippen LogP contribution in [0.25, 0.3) is 0 Å². The second-order valence-corrected chi connectivity index (χ2v) is 6.93. The third-order valence-corrected chi connectivity index (χ3v) is 4.98.